The van der Waals surface area contributed by atoms with E-state index in [1.54, 1.807) is 0 Å². The van der Waals surface area contributed by atoms with Gasteiger partial charge in [0.1, 0.15) is 12.4 Å². The Hall–Kier alpha value is -1.32. The lowest BCUT2D eigenvalue weighted by molar-refractivity contribution is 0.304. The topological polar surface area (TPSA) is 21.3 Å². The zero-order valence-electron chi connectivity index (χ0n) is 13.2. The van der Waals surface area contributed by atoms with E-state index in [2.05, 4.69) is 56.4 Å². The lowest BCUT2D eigenvalue weighted by Crippen LogP contribution is -2.10. The van der Waals surface area contributed by atoms with Crippen molar-refractivity contribution in [2.45, 2.75) is 46.3 Å². The summed E-state index contributed by atoms with van der Waals surface area (Å²) in [6, 6.07) is 12.7. The first kappa shape index (κ1) is 16.1. The van der Waals surface area contributed by atoms with Gasteiger partial charge in [0.2, 0.25) is 0 Å². The van der Waals surface area contributed by atoms with E-state index in [0.29, 0.717) is 12.5 Å². The van der Waals surface area contributed by atoms with Crippen LogP contribution in [0.3, 0.4) is 0 Å². The van der Waals surface area contributed by atoms with Gasteiger partial charge in [0, 0.05) is 16.3 Å². The van der Waals surface area contributed by atoms with Crippen molar-refractivity contribution >= 4 is 11.3 Å². The van der Waals surface area contributed by atoms with Gasteiger partial charge >= 0.3 is 0 Å². The second-order valence-electron chi connectivity index (χ2n) is 5.28. The predicted molar refractivity (Wildman–Crippen MR) is 91.2 cm³/mol. The molecule has 0 fully saturated rings. The maximum absolute atomic E-state index is 6.05. The first-order valence-corrected chi connectivity index (χ1v) is 8.56. The molecule has 0 saturated carbocycles. The van der Waals surface area contributed by atoms with E-state index in [0.717, 1.165) is 25.3 Å². The molecule has 1 N–H and O–H groups in total. The van der Waals surface area contributed by atoms with Gasteiger partial charge in [0.25, 0.3) is 0 Å². The average Bonchev–Trinajstić information content (AvgIpc) is 2.98. The standard InChI is InChI=1S/C18H25NOS/c1-4-14(3)17-8-6-7-9-18(17)20-13-16-11-10-15(21-16)12-19-5-2/h6-11,14,19H,4-5,12-13H2,1-3H3. The largest absolute Gasteiger partial charge is 0.488 e. The average molecular weight is 303 g/mol. The highest BCUT2D eigenvalue weighted by atomic mass is 32.1. The van der Waals surface area contributed by atoms with E-state index in [1.807, 2.05) is 17.4 Å². The molecule has 1 unspecified atom stereocenters. The van der Waals surface area contributed by atoms with Crippen LogP contribution in [-0.2, 0) is 13.2 Å². The maximum atomic E-state index is 6.05. The summed E-state index contributed by atoms with van der Waals surface area (Å²) < 4.78 is 6.05. The third-order valence-electron chi connectivity index (χ3n) is 3.70. The highest BCUT2D eigenvalue weighted by molar-refractivity contribution is 7.11. The molecule has 1 aromatic heterocycles. The third kappa shape index (κ3) is 4.58. The van der Waals surface area contributed by atoms with E-state index >= 15 is 0 Å². The second kappa shape index (κ2) is 8.20. The molecule has 0 spiro atoms. The Morgan fingerprint density at radius 1 is 1.10 bits per heavy atom. The van der Waals surface area contributed by atoms with Crippen LogP contribution in [-0.4, -0.2) is 6.54 Å². The van der Waals surface area contributed by atoms with Crippen LogP contribution in [0, 0.1) is 0 Å². The molecule has 0 bridgehead atoms. The molecule has 0 aliphatic heterocycles. The summed E-state index contributed by atoms with van der Waals surface area (Å²) >= 11 is 1.82. The zero-order chi connectivity index (χ0) is 15.1. The van der Waals surface area contributed by atoms with E-state index < -0.39 is 0 Å². The van der Waals surface area contributed by atoms with Gasteiger partial charge in [-0.3, -0.25) is 0 Å². The smallest absolute Gasteiger partial charge is 0.123 e. The number of thiophene rings is 1. The minimum absolute atomic E-state index is 0.536. The fraction of sp³-hybridized carbons (Fsp3) is 0.444. The molecule has 1 aromatic carbocycles. The Bertz CT molecular complexity index is 550. The van der Waals surface area contributed by atoms with Crippen molar-refractivity contribution in [3.63, 3.8) is 0 Å². The third-order valence-corrected chi connectivity index (χ3v) is 4.76. The highest BCUT2D eigenvalue weighted by Gasteiger charge is 2.10. The quantitative estimate of drug-likeness (QED) is 0.745. The van der Waals surface area contributed by atoms with Crippen LogP contribution in [0.1, 0.15) is 48.4 Å². The van der Waals surface area contributed by atoms with Gasteiger partial charge in [-0.05, 0) is 42.6 Å². The van der Waals surface area contributed by atoms with Crippen LogP contribution in [0.15, 0.2) is 36.4 Å². The molecule has 114 valence electrons. The normalized spacial score (nSPS) is 12.3. The molecular formula is C18H25NOS. The first-order valence-electron chi connectivity index (χ1n) is 7.74. The number of para-hydroxylation sites is 1. The van der Waals surface area contributed by atoms with Crippen molar-refractivity contribution in [3.05, 3.63) is 51.7 Å². The van der Waals surface area contributed by atoms with E-state index in [-0.39, 0.29) is 0 Å². The minimum Gasteiger partial charge on any atom is -0.488 e. The Balaban J connectivity index is 1.98. The SMILES string of the molecule is CCNCc1ccc(COc2ccccc2C(C)CC)s1. The summed E-state index contributed by atoms with van der Waals surface area (Å²) in [7, 11) is 0. The van der Waals surface area contributed by atoms with Crippen LogP contribution in [0.5, 0.6) is 5.75 Å². The van der Waals surface area contributed by atoms with Gasteiger partial charge in [-0.2, -0.15) is 0 Å². The Labute approximate surface area is 132 Å². The molecular weight excluding hydrogens is 278 g/mol. The molecule has 1 atom stereocenters. The number of ether oxygens (including phenoxy) is 1. The zero-order valence-corrected chi connectivity index (χ0v) is 14.0. The Morgan fingerprint density at radius 3 is 2.62 bits per heavy atom. The summed E-state index contributed by atoms with van der Waals surface area (Å²) in [4.78, 5) is 2.65. The van der Waals surface area contributed by atoms with Crippen molar-refractivity contribution in [1.29, 1.82) is 0 Å². The number of rotatable bonds is 8. The van der Waals surface area contributed by atoms with Crippen molar-refractivity contribution in [3.8, 4) is 5.75 Å². The summed E-state index contributed by atoms with van der Waals surface area (Å²) in [6.45, 7) is 9.21. The fourth-order valence-corrected chi connectivity index (χ4v) is 3.13. The first-order chi connectivity index (χ1) is 10.2. The van der Waals surface area contributed by atoms with Crippen molar-refractivity contribution in [1.82, 2.24) is 5.32 Å². The molecule has 0 saturated heterocycles. The van der Waals surface area contributed by atoms with Crippen LogP contribution in [0.4, 0.5) is 0 Å². The van der Waals surface area contributed by atoms with E-state index in [1.165, 1.54) is 15.3 Å². The Kier molecular flexibility index (Phi) is 6.27. The van der Waals surface area contributed by atoms with E-state index in [9.17, 15) is 0 Å². The molecule has 0 aliphatic carbocycles. The van der Waals surface area contributed by atoms with Crippen LogP contribution in [0.25, 0.3) is 0 Å². The van der Waals surface area contributed by atoms with Gasteiger partial charge < -0.3 is 10.1 Å². The summed E-state index contributed by atoms with van der Waals surface area (Å²) in [6.07, 6.45) is 1.13. The molecule has 1 heterocycles. The maximum Gasteiger partial charge on any atom is 0.123 e. The summed E-state index contributed by atoms with van der Waals surface area (Å²) in [5.41, 5.74) is 1.31. The monoisotopic (exact) mass is 303 g/mol. The van der Waals surface area contributed by atoms with Crippen LogP contribution in [0.2, 0.25) is 0 Å². The second-order valence-corrected chi connectivity index (χ2v) is 6.54. The van der Waals surface area contributed by atoms with Gasteiger partial charge in [0.15, 0.2) is 0 Å². The molecule has 3 heteroatoms. The summed E-state index contributed by atoms with van der Waals surface area (Å²) in [5.74, 6) is 1.56. The lowest BCUT2D eigenvalue weighted by Gasteiger charge is -2.15. The summed E-state index contributed by atoms with van der Waals surface area (Å²) in [5, 5.41) is 3.35. The molecule has 0 aliphatic rings. The Morgan fingerprint density at radius 2 is 1.86 bits per heavy atom. The fourth-order valence-electron chi connectivity index (χ4n) is 2.23. The molecule has 2 nitrogen and oxygen atoms in total. The predicted octanol–water partition coefficient (Wildman–Crippen LogP) is 4.95. The molecule has 0 radical (unpaired) electrons. The number of benzene rings is 1. The van der Waals surface area contributed by atoms with Crippen LogP contribution >= 0.6 is 11.3 Å². The van der Waals surface area contributed by atoms with Gasteiger partial charge in [-0.15, -0.1) is 11.3 Å². The van der Waals surface area contributed by atoms with Crippen LogP contribution < -0.4 is 10.1 Å². The van der Waals surface area contributed by atoms with Gasteiger partial charge in [-0.1, -0.05) is 39.0 Å². The molecule has 2 aromatic rings. The highest BCUT2D eigenvalue weighted by Crippen LogP contribution is 2.29. The number of hydrogen-bond donors (Lipinski definition) is 1. The molecule has 0 amide bonds. The molecule has 2 rings (SSSR count). The van der Waals surface area contributed by atoms with E-state index in [4.69, 9.17) is 4.74 Å². The van der Waals surface area contributed by atoms with Crippen molar-refractivity contribution < 1.29 is 4.74 Å². The van der Waals surface area contributed by atoms with Crippen molar-refractivity contribution in [2.75, 3.05) is 6.54 Å². The van der Waals surface area contributed by atoms with Gasteiger partial charge in [0.05, 0.1) is 0 Å². The van der Waals surface area contributed by atoms with Gasteiger partial charge in [-0.25, -0.2) is 0 Å². The van der Waals surface area contributed by atoms with Crippen molar-refractivity contribution in [2.24, 2.45) is 0 Å². The lowest BCUT2D eigenvalue weighted by atomic mass is 9.98. The minimum atomic E-state index is 0.536. The molecule has 21 heavy (non-hydrogen) atoms. The number of hydrogen-bond acceptors (Lipinski definition) is 3. The number of nitrogens with one attached hydrogen (secondary N) is 1.